The molecule has 0 fully saturated rings. The van der Waals surface area contributed by atoms with Crippen LogP contribution in [0.4, 0.5) is 5.69 Å². The highest BCUT2D eigenvalue weighted by Gasteiger charge is 2.39. The van der Waals surface area contributed by atoms with Gasteiger partial charge in [0, 0.05) is 25.7 Å². The van der Waals surface area contributed by atoms with Crippen molar-refractivity contribution >= 4 is 5.69 Å². The van der Waals surface area contributed by atoms with Crippen LogP contribution in [-0.2, 0) is 5.41 Å². The molecular formula is C21H26N2. The van der Waals surface area contributed by atoms with E-state index < -0.39 is 5.41 Å². The molecular weight excluding hydrogens is 280 g/mol. The van der Waals surface area contributed by atoms with Crippen LogP contribution < -0.4 is 4.90 Å². The van der Waals surface area contributed by atoms with E-state index in [4.69, 9.17) is 0 Å². The lowest BCUT2D eigenvalue weighted by Crippen LogP contribution is -2.31. The van der Waals surface area contributed by atoms with Gasteiger partial charge in [0.25, 0.3) is 0 Å². The van der Waals surface area contributed by atoms with Gasteiger partial charge in [0.05, 0.1) is 11.5 Å². The van der Waals surface area contributed by atoms with Crippen molar-refractivity contribution in [3.8, 4) is 6.07 Å². The van der Waals surface area contributed by atoms with Crippen LogP contribution in [0.1, 0.15) is 43.7 Å². The molecule has 0 N–H and O–H groups in total. The van der Waals surface area contributed by atoms with Gasteiger partial charge in [-0.05, 0) is 36.1 Å². The summed E-state index contributed by atoms with van der Waals surface area (Å²) in [4.78, 5) is 2.10. The van der Waals surface area contributed by atoms with Gasteiger partial charge in [-0.1, -0.05) is 56.3 Å². The molecule has 2 rings (SSSR count). The van der Waals surface area contributed by atoms with Crippen LogP contribution in [0, 0.1) is 11.3 Å². The highest BCUT2D eigenvalue weighted by molar-refractivity contribution is 5.48. The molecule has 0 aliphatic heterocycles. The van der Waals surface area contributed by atoms with Gasteiger partial charge >= 0.3 is 0 Å². The smallest absolute Gasteiger partial charge is 0.0887 e. The van der Waals surface area contributed by atoms with E-state index in [0.29, 0.717) is 0 Å². The lowest BCUT2D eigenvalue weighted by molar-refractivity contribution is 0.410. The maximum absolute atomic E-state index is 10.1. The Labute approximate surface area is 140 Å². The van der Waals surface area contributed by atoms with E-state index in [1.165, 1.54) is 11.3 Å². The van der Waals surface area contributed by atoms with Gasteiger partial charge in [-0.25, -0.2) is 0 Å². The van der Waals surface area contributed by atoms with Crippen LogP contribution in [0.25, 0.3) is 0 Å². The number of rotatable bonds is 6. The van der Waals surface area contributed by atoms with E-state index in [1.807, 2.05) is 32.3 Å². The molecule has 0 spiro atoms. The molecule has 2 aromatic carbocycles. The molecule has 120 valence electrons. The monoisotopic (exact) mass is 306 g/mol. The third kappa shape index (κ3) is 3.24. The van der Waals surface area contributed by atoms with Crippen LogP contribution in [0.5, 0.6) is 0 Å². The first kappa shape index (κ1) is 17.1. The maximum Gasteiger partial charge on any atom is 0.0887 e. The van der Waals surface area contributed by atoms with E-state index in [-0.39, 0.29) is 5.92 Å². The van der Waals surface area contributed by atoms with E-state index in [2.05, 4.69) is 61.2 Å². The van der Waals surface area contributed by atoms with Gasteiger partial charge in [0.2, 0.25) is 0 Å². The zero-order chi connectivity index (χ0) is 16.9. The van der Waals surface area contributed by atoms with Crippen molar-refractivity contribution in [1.29, 1.82) is 5.26 Å². The van der Waals surface area contributed by atoms with Crippen LogP contribution in [-0.4, -0.2) is 14.1 Å². The summed E-state index contributed by atoms with van der Waals surface area (Å²) in [6.07, 6.45) is 1.75. The molecule has 2 nitrogen and oxygen atoms in total. The van der Waals surface area contributed by atoms with E-state index in [9.17, 15) is 5.26 Å². The molecule has 0 aliphatic rings. The van der Waals surface area contributed by atoms with Gasteiger partial charge < -0.3 is 4.90 Å². The van der Waals surface area contributed by atoms with Crippen LogP contribution in [0.2, 0.25) is 0 Å². The third-order valence-electron chi connectivity index (χ3n) is 4.86. The fourth-order valence-corrected chi connectivity index (χ4v) is 3.48. The van der Waals surface area contributed by atoms with Gasteiger partial charge in [-0.15, -0.1) is 0 Å². The molecule has 23 heavy (non-hydrogen) atoms. The predicted molar refractivity (Wildman–Crippen MR) is 97.8 cm³/mol. The van der Waals surface area contributed by atoms with Crippen LogP contribution in [0.3, 0.4) is 0 Å². The first-order chi connectivity index (χ1) is 11.1. The van der Waals surface area contributed by atoms with Crippen molar-refractivity contribution in [2.24, 2.45) is 0 Å². The van der Waals surface area contributed by atoms with Gasteiger partial charge in [0.15, 0.2) is 0 Å². The van der Waals surface area contributed by atoms with E-state index >= 15 is 0 Å². The summed E-state index contributed by atoms with van der Waals surface area (Å²) in [5.74, 6) is 0.191. The summed E-state index contributed by atoms with van der Waals surface area (Å²) in [5, 5.41) is 10.1. The number of nitriles is 1. The minimum atomic E-state index is -0.477. The molecule has 0 heterocycles. The first-order valence-corrected chi connectivity index (χ1v) is 8.33. The van der Waals surface area contributed by atoms with Crippen molar-refractivity contribution in [1.82, 2.24) is 0 Å². The first-order valence-electron chi connectivity index (χ1n) is 8.33. The average Bonchev–Trinajstić information content (AvgIpc) is 2.60. The zero-order valence-corrected chi connectivity index (χ0v) is 14.6. The fraction of sp³-hybridized carbons (Fsp3) is 0.381. The largest absolute Gasteiger partial charge is 0.378 e. The van der Waals surface area contributed by atoms with Gasteiger partial charge in [-0.2, -0.15) is 5.26 Å². The van der Waals surface area contributed by atoms with Crippen molar-refractivity contribution in [3.05, 3.63) is 65.7 Å². The number of nitrogens with zero attached hydrogens (tertiary/aromatic N) is 2. The summed E-state index contributed by atoms with van der Waals surface area (Å²) in [6, 6.07) is 21.5. The number of hydrogen-bond donors (Lipinski definition) is 0. The Morgan fingerprint density at radius 2 is 1.61 bits per heavy atom. The second-order valence-electron chi connectivity index (χ2n) is 6.25. The minimum Gasteiger partial charge on any atom is -0.378 e. The molecule has 0 aliphatic carbocycles. The fourth-order valence-electron chi connectivity index (χ4n) is 3.48. The molecule has 0 radical (unpaired) electrons. The summed E-state index contributed by atoms with van der Waals surface area (Å²) in [5.41, 5.74) is 3.07. The Balaban J connectivity index is 2.49. The van der Waals surface area contributed by atoms with Crippen LogP contribution >= 0.6 is 0 Å². The second kappa shape index (κ2) is 7.33. The molecule has 0 bridgehead atoms. The Hall–Kier alpha value is -2.27. The van der Waals surface area contributed by atoms with Gasteiger partial charge in [-0.3, -0.25) is 0 Å². The Kier molecular flexibility index (Phi) is 5.45. The standard InChI is InChI=1S/C21H26N2/c1-5-20(17-12-14-19(15-13-17)23(3)4)21(6-2,16-22)18-10-8-7-9-11-18/h7-15,20H,5-6H2,1-4H3/t20-,21-/m0/s1. The lowest BCUT2D eigenvalue weighted by atomic mass is 9.66. The van der Waals surface area contributed by atoms with E-state index in [1.54, 1.807) is 0 Å². The zero-order valence-electron chi connectivity index (χ0n) is 14.6. The van der Waals surface area contributed by atoms with Crippen molar-refractivity contribution < 1.29 is 0 Å². The average molecular weight is 306 g/mol. The van der Waals surface area contributed by atoms with E-state index in [0.717, 1.165) is 18.4 Å². The lowest BCUT2D eigenvalue weighted by Gasteiger charge is -2.35. The topological polar surface area (TPSA) is 27.0 Å². The minimum absolute atomic E-state index is 0.191. The van der Waals surface area contributed by atoms with Crippen molar-refractivity contribution in [3.63, 3.8) is 0 Å². The maximum atomic E-state index is 10.1. The Morgan fingerprint density at radius 3 is 2.04 bits per heavy atom. The molecule has 0 aromatic heterocycles. The number of anilines is 1. The number of hydrogen-bond acceptors (Lipinski definition) is 2. The molecule has 0 unspecified atom stereocenters. The SMILES string of the molecule is CC[C@@H](c1ccc(N(C)C)cc1)[C@](C#N)(CC)c1ccccc1. The Morgan fingerprint density at radius 1 is 1.00 bits per heavy atom. The van der Waals surface area contributed by atoms with Crippen molar-refractivity contribution in [2.45, 2.75) is 38.0 Å². The molecule has 2 atom stereocenters. The third-order valence-corrected chi connectivity index (χ3v) is 4.86. The van der Waals surface area contributed by atoms with Crippen LogP contribution in [0.15, 0.2) is 54.6 Å². The summed E-state index contributed by atoms with van der Waals surface area (Å²) < 4.78 is 0. The molecule has 0 saturated carbocycles. The predicted octanol–water partition coefficient (Wildman–Crippen LogP) is 5.12. The summed E-state index contributed by atoms with van der Waals surface area (Å²) in [7, 11) is 4.09. The molecule has 2 aromatic rings. The summed E-state index contributed by atoms with van der Waals surface area (Å²) >= 11 is 0. The van der Waals surface area contributed by atoms with Crippen molar-refractivity contribution in [2.75, 3.05) is 19.0 Å². The quantitative estimate of drug-likeness (QED) is 0.741. The normalized spacial score (nSPS) is 14.6. The molecule has 0 amide bonds. The molecule has 2 heteroatoms. The summed E-state index contributed by atoms with van der Waals surface area (Å²) in [6.45, 7) is 4.29. The highest BCUT2D eigenvalue weighted by atomic mass is 15.1. The number of benzene rings is 2. The highest BCUT2D eigenvalue weighted by Crippen LogP contribution is 2.43. The van der Waals surface area contributed by atoms with Gasteiger partial charge in [0.1, 0.15) is 0 Å². The molecule has 0 saturated heterocycles. The Bertz CT molecular complexity index is 652. The second-order valence-corrected chi connectivity index (χ2v) is 6.25.